The van der Waals surface area contributed by atoms with Gasteiger partial charge in [-0.3, -0.25) is 0 Å². The maximum atomic E-state index is 2.46. The van der Waals surface area contributed by atoms with Crippen molar-refractivity contribution in [1.82, 2.24) is 0 Å². The minimum atomic E-state index is 1.26. The Bertz CT molecular complexity index is 764. The maximum absolute atomic E-state index is 2.46. The zero-order chi connectivity index (χ0) is 25.8. The molecule has 2 aromatic rings. The van der Waals surface area contributed by atoms with E-state index in [4.69, 9.17) is 0 Å². The van der Waals surface area contributed by atoms with E-state index in [1.54, 1.807) is 11.1 Å². The van der Waals surface area contributed by atoms with Gasteiger partial charge >= 0.3 is 0 Å². The third-order valence-electron chi connectivity index (χ3n) is 7.30. The first kappa shape index (κ1) is 30.1. The summed E-state index contributed by atoms with van der Waals surface area (Å²) in [6.45, 7) is 9.18. The van der Waals surface area contributed by atoms with Crippen molar-refractivity contribution in [1.29, 1.82) is 0 Å². The van der Waals surface area contributed by atoms with E-state index in [0.717, 1.165) is 0 Å². The Morgan fingerprint density at radius 1 is 0.417 bits per heavy atom. The van der Waals surface area contributed by atoms with Gasteiger partial charge in [0.2, 0.25) is 0 Å². The van der Waals surface area contributed by atoms with Crippen molar-refractivity contribution in [2.45, 2.75) is 130 Å². The highest BCUT2D eigenvalue weighted by molar-refractivity contribution is 5.68. The number of unbranched alkanes of at least 4 members (excludes halogenated alkanes) is 8. The highest BCUT2D eigenvalue weighted by Gasteiger charge is 2.03. The predicted molar refractivity (Wildman–Crippen MR) is 164 cm³/mol. The van der Waals surface area contributed by atoms with E-state index in [1.165, 1.54) is 125 Å². The van der Waals surface area contributed by atoms with Gasteiger partial charge in [0.25, 0.3) is 0 Å². The molecule has 0 unspecified atom stereocenters. The van der Waals surface area contributed by atoms with Crippen LogP contribution in [0, 0.1) is 0 Å². The van der Waals surface area contributed by atoms with Crippen molar-refractivity contribution >= 4 is 12.2 Å². The summed E-state index contributed by atoms with van der Waals surface area (Å²) in [5, 5.41) is 0. The van der Waals surface area contributed by atoms with Crippen LogP contribution in [0.3, 0.4) is 0 Å². The van der Waals surface area contributed by atoms with Crippen LogP contribution in [0.4, 0.5) is 0 Å². The quantitative estimate of drug-likeness (QED) is 0.173. The fraction of sp³-hybridized carbons (Fsp3) is 0.556. The highest BCUT2D eigenvalue weighted by Crippen LogP contribution is 2.25. The molecule has 0 saturated heterocycles. The standard InChI is InChI=1S/C36H54/c1-5-9-13-17-31(18-14-10-6-2)29-33-21-25-35(26-22-33)36-27-23-34(24-28-36)30-32(19-15-11-7-3)20-16-12-8-4/h21-30H,5-20H2,1-4H3. The fourth-order valence-corrected chi connectivity index (χ4v) is 4.96. The Morgan fingerprint density at radius 3 is 0.944 bits per heavy atom. The smallest absolute Gasteiger partial charge is 0.0184 e. The number of rotatable bonds is 19. The number of allylic oxidation sites excluding steroid dienone is 2. The molecule has 0 atom stereocenters. The normalized spacial score (nSPS) is 10.9. The molecule has 0 saturated carbocycles. The molecule has 0 radical (unpaired) electrons. The lowest BCUT2D eigenvalue weighted by atomic mass is 9.96. The number of hydrogen-bond acceptors (Lipinski definition) is 0. The summed E-state index contributed by atoms with van der Waals surface area (Å²) in [6, 6.07) is 18.4. The third-order valence-corrected chi connectivity index (χ3v) is 7.30. The SMILES string of the molecule is CCCCCC(=Cc1ccc(-c2ccc(C=C(CCCCC)CCCCC)cc2)cc1)CCCCC. The van der Waals surface area contributed by atoms with Crippen molar-refractivity contribution in [3.63, 3.8) is 0 Å². The molecule has 0 heteroatoms. The van der Waals surface area contributed by atoms with E-state index in [1.807, 2.05) is 0 Å². The summed E-state index contributed by atoms with van der Waals surface area (Å²) in [7, 11) is 0. The molecule has 2 aromatic carbocycles. The minimum absolute atomic E-state index is 1.26. The molecule has 2 rings (SSSR count). The molecule has 0 fully saturated rings. The van der Waals surface area contributed by atoms with Gasteiger partial charge in [-0.05, 0) is 73.6 Å². The summed E-state index contributed by atoms with van der Waals surface area (Å²) in [5.41, 5.74) is 8.60. The van der Waals surface area contributed by atoms with Gasteiger partial charge in [-0.25, -0.2) is 0 Å². The van der Waals surface area contributed by atoms with Gasteiger partial charge in [0, 0.05) is 0 Å². The number of hydrogen-bond donors (Lipinski definition) is 0. The van der Waals surface area contributed by atoms with E-state index >= 15 is 0 Å². The summed E-state index contributed by atoms with van der Waals surface area (Å²) in [5.74, 6) is 0. The molecule has 0 bridgehead atoms. The highest BCUT2D eigenvalue weighted by atomic mass is 14.1. The molecule has 0 aliphatic carbocycles. The lowest BCUT2D eigenvalue weighted by Crippen LogP contribution is -1.88. The van der Waals surface area contributed by atoms with Gasteiger partial charge in [-0.2, -0.15) is 0 Å². The first-order chi connectivity index (χ1) is 17.7. The first-order valence-corrected chi connectivity index (χ1v) is 15.3. The molecule has 0 aromatic heterocycles. The third kappa shape index (κ3) is 12.2. The lowest BCUT2D eigenvalue weighted by Gasteiger charge is -2.09. The van der Waals surface area contributed by atoms with Crippen LogP contribution >= 0.6 is 0 Å². The molecular formula is C36H54. The Kier molecular flexibility index (Phi) is 16.0. The first-order valence-electron chi connectivity index (χ1n) is 15.3. The molecule has 198 valence electrons. The predicted octanol–water partition coefficient (Wildman–Crippen LogP) is 12.4. The molecule has 0 N–H and O–H groups in total. The van der Waals surface area contributed by atoms with Crippen LogP contribution in [0.1, 0.15) is 142 Å². The number of benzene rings is 2. The molecule has 0 aliphatic heterocycles. The average Bonchev–Trinajstić information content (AvgIpc) is 2.90. The van der Waals surface area contributed by atoms with Crippen molar-refractivity contribution in [3.8, 4) is 11.1 Å². The van der Waals surface area contributed by atoms with Gasteiger partial charge in [0.15, 0.2) is 0 Å². The topological polar surface area (TPSA) is 0 Å². The fourth-order valence-electron chi connectivity index (χ4n) is 4.96. The van der Waals surface area contributed by atoms with E-state index in [0.29, 0.717) is 0 Å². The summed E-state index contributed by atoms with van der Waals surface area (Å²) in [4.78, 5) is 0. The van der Waals surface area contributed by atoms with Crippen LogP contribution in [0.2, 0.25) is 0 Å². The van der Waals surface area contributed by atoms with Crippen LogP contribution in [-0.4, -0.2) is 0 Å². The summed E-state index contributed by atoms with van der Waals surface area (Å²) >= 11 is 0. The summed E-state index contributed by atoms with van der Waals surface area (Å²) < 4.78 is 0. The minimum Gasteiger partial charge on any atom is -0.0696 e. The zero-order valence-corrected chi connectivity index (χ0v) is 24.1. The molecule has 0 nitrogen and oxygen atoms in total. The molecule has 0 spiro atoms. The molecular weight excluding hydrogens is 432 g/mol. The van der Waals surface area contributed by atoms with E-state index in [2.05, 4.69) is 88.4 Å². The van der Waals surface area contributed by atoms with Gasteiger partial charge in [0.05, 0.1) is 0 Å². The van der Waals surface area contributed by atoms with Crippen LogP contribution in [0.15, 0.2) is 59.7 Å². The average molecular weight is 487 g/mol. The second-order valence-electron chi connectivity index (χ2n) is 10.7. The Labute approximate surface area is 224 Å². The van der Waals surface area contributed by atoms with Crippen molar-refractivity contribution in [2.24, 2.45) is 0 Å². The molecule has 0 aliphatic rings. The van der Waals surface area contributed by atoms with Crippen molar-refractivity contribution < 1.29 is 0 Å². The molecule has 0 heterocycles. The van der Waals surface area contributed by atoms with Crippen LogP contribution < -0.4 is 0 Å². The van der Waals surface area contributed by atoms with Crippen LogP contribution in [0.25, 0.3) is 23.3 Å². The Morgan fingerprint density at radius 2 is 0.694 bits per heavy atom. The zero-order valence-electron chi connectivity index (χ0n) is 24.1. The van der Waals surface area contributed by atoms with Crippen LogP contribution in [0.5, 0.6) is 0 Å². The van der Waals surface area contributed by atoms with E-state index in [9.17, 15) is 0 Å². The molecule has 36 heavy (non-hydrogen) atoms. The second-order valence-corrected chi connectivity index (χ2v) is 10.7. The van der Waals surface area contributed by atoms with E-state index < -0.39 is 0 Å². The van der Waals surface area contributed by atoms with Crippen molar-refractivity contribution in [2.75, 3.05) is 0 Å². The lowest BCUT2D eigenvalue weighted by molar-refractivity contribution is 0.662. The Balaban J connectivity index is 2.07. The maximum Gasteiger partial charge on any atom is -0.0184 e. The van der Waals surface area contributed by atoms with Crippen molar-refractivity contribution in [3.05, 3.63) is 70.8 Å². The van der Waals surface area contributed by atoms with Gasteiger partial charge in [-0.1, -0.05) is 151 Å². The van der Waals surface area contributed by atoms with Gasteiger partial charge in [0.1, 0.15) is 0 Å². The van der Waals surface area contributed by atoms with Gasteiger partial charge in [-0.15, -0.1) is 0 Å². The second kappa shape index (κ2) is 19.1. The summed E-state index contributed by atoms with van der Waals surface area (Å²) in [6.07, 6.45) is 25.8. The van der Waals surface area contributed by atoms with Crippen LogP contribution in [-0.2, 0) is 0 Å². The largest absolute Gasteiger partial charge is 0.0696 e. The van der Waals surface area contributed by atoms with Gasteiger partial charge < -0.3 is 0 Å². The monoisotopic (exact) mass is 486 g/mol. The van der Waals surface area contributed by atoms with E-state index in [-0.39, 0.29) is 0 Å². The molecule has 0 amide bonds. The Hall–Kier alpha value is -2.08.